The van der Waals surface area contributed by atoms with Crippen molar-refractivity contribution >= 4 is 45.6 Å². The Balaban J connectivity index is 1.48. The lowest BCUT2D eigenvalue weighted by Gasteiger charge is -2.25. The first-order chi connectivity index (χ1) is 15.4. The topological polar surface area (TPSA) is 37.0 Å². The van der Waals surface area contributed by atoms with Gasteiger partial charge in [-0.05, 0) is 59.8 Å². The van der Waals surface area contributed by atoms with Crippen molar-refractivity contribution in [3.05, 3.63) is 66.0 Å². The molecule has 0 amide bonds. The van der Waals surface area contributed by atoms with Gasteiger partial charge in [0, 0.05) is 45.5 Å². The van der Waals surface area contributed by atoms with Gasteiger partial charge in [0.1, 0.15) is 0 Å². The summed E-state index contributed by atoms with van der Waals surface area (Å²) in [5, 5.41) is 10.4. The highest BCUT2D eigenvalue weighted by Crippen LogP contribution is 2.37. The van der Waals surface area contributed by atoms with Crippen LogP contribution in [0, 0.1) is 0 Å². The van der Waals surface area contributed by atoms with Gasteiger partial charge >= 0.3 is 0 Å². The molecule has 0 unspecified atom stereocenters. The Morgan fingerprint density at radius 3 is 2.69 bits per heavy atom. The van der Waals surface area contributed by atoms with E-state index in [0.29, 0.717) is 5.11 Å². The van der Waals surface area contributed by atoms with Gasteiger partial charge in [-0.3, -0.25) is 4.98 Å². The Morgan fingerprint density at radius 2 is 1.91 bits per heavy atom. The van der Waals surface area contributed by atoms with Crippen LogP contribution in [0.3, 0.4) is 0 Å². The van der Waals surface area contributed by atoms with Gasteiger partial charge in [-0.1, -0.05) is 64.3 Å². The van der Waals surface area contributed by atoms with Crippen LogP contribution >= 0.6 is 24.0 Å². The molecule has 2 aromatic carbocycles. The minimum Gasteiger partial charge on any atom is -0.358 e. The first-order valence-electron chi connectivity index (χ1n) is 11.6. The number of hydrogen-bond donors (Lipinski definition) is 2. The Hall–Kier alpha value is -2.11. The summed E-state index contributed by atoms with van der Waals surface area (Å²) in [6.45, 7) is 7.58. The summed E-state index contributed by atoms with van der Waals surface area (Å²) in [5.41, 5.74) is 3.86. The fourth-order valence-corrected chi connectivity index (χ4v) is 5.81. The summed E-state index contributed by atoms with van der Waals surface area (Å²) in [5.74, 6) is 0. The molecule has 1 fully saturated rings. The zero-order chi connectivity index (χ0) is 22.6. The van der Waals surface area contributed by atoms with Gasteiger partial charge in [0.15, 0.2) is 5.11 Å². The average Bonchev–Trinajstić information content (AvgIpc) is 2.78. The molecule has 2 N–H and O–H groups in total. The summed E-state index contributed by atoms with van der Waals surface area (Å²) in [6.07, 6.45) is 10.5. The molecule has 0 bridgehead atoms. The summed E-state index contributed by atoms with van der Waals surface area (Å²) >= 11 is 7.71. The van der Waals surface area contributed by atoms with E-state index in [9.17, 15) is 0 Å². The molecular formula is C27H33N3S2. The molecule has 1 aromatic heterocycles. The molecule has 168 valence electrons. The fraction of sp³-hybridized carbons (Fsp3) is 0.407. The van der Waals surface area contributed by atoms with Crippen LogP contribution in [0.1, 0.15) is 64.0 Å². The quantitative estimate of drug-likeness (QED) is 0.384. The minimum atomic E-state index is 0.147. The Labute approximate surface area is 201 Å². The molecule has 4 rings (SSSR count). The van der Waals surface area contributed by atoms with Crippen LogP contribution in [0.15, 0.2) is 59.8 Å². The van der Waals surface area contributed by atoms with Crippen LogP contribution < -0.4 is 10.6 Å². The third-order valence-corrected chi connectivity index (χ3v) is 7.83. The number of pyridine rings is 1. The van der Waals surface area contributed by atoms with E-state index in [-0.39, 0.29) is 5.41 Å². The fourth-order valence-electron chi connectivity index (χ4n) is 4.21. The lowest BCUT2D eigenvalue weighted by Crippen LogP contribution is -2.28. The molecule has 3 aromatic rings. The Bertz CT molecular complexity index is 1080. The predicted molar refractivity (Wildman–Crippen MR) is 143 cm³/mol. The molecule has 0 atom stereocenters. The van der Waals surface area contributed by atoms with Crippen molar-refractivity contribution in [1.82, 2.24) is 10.3 Å². The molecule has 3 nitrogen and oxygen atoms in total. The maximum Gasteiger partial charge on any atom is 0.171 e. The van der Waals surface area contributed by atoms with E-state index in [1.54, 1.807) is 0 Å². The van der Waals surface area contributed by atoms with Crippen molar-refractivity contribution in [2.75, 3.05) is 5.32 Å². The van der Waals surface area contributed by atoms with Crippen LogP contribution in [-0.4, -0.2) is 15.3 Å². The molecule has 1 heterocycles. The Kier molecular flexibility index (Phi) is 7.37. The highest BCUT2D eigenvalue weighted by atomic mass is 32.2. The van der Waals surface area contributed by atoms with Gasteiger partial charge in [-0.2, -0.15) is 0 Å². The maximum atomic E-state index is 5.64. The number of nitrogens with zero attached hydrogens (tertiary/aromatic N) is 1. The van der Waals surface area contributed by atoms with E-state index in [2.05, 4.69) is 78.5 Å². The number of aromatic nitrogens is 1. The van der Waals surface area contributed by atoms with Gasteiger partial charge in [0.25, 0.3) is 0 Å². The van der Waals surface area contributed by atoms with Crippen molar-refractivity contribution in [1.29, 1.82) is 0 Å². The highest BCUT2D eigenvalue weighted by molar-refractivity contribution is 8.00. The predicted octanol–water partition coefficient (Wildman–Crippen LogP) is 7.44. The molecule has 0 spiro atoms. The average molecular weight is 464 g/mol. The number of fused-ring (bicyclic) bond motifs is 1. The van der Waals surface area contributed by atoms with Gasteiger partial charge in [-0.15, -0.1) is 11.8 Å². The smallest absolute Gasteiger partial charge is 0.171 e. The highest BCUT2D eigenvalue weighted by Gasteiger charge is 2.20. The van der Waals surface area contributed by atoms with E-state index in [0.717, 1.165) is 28.3 Å². The third-order valence-electron chi connectivity index (χ3n) is 6.15. The maximum absolute atomic E-state index is 5.64. The lowest BCUT2D eigenvalue weighted by atomic mass is 9.86. The second kappa shape index (κ2) is 10.2. The summed E-state index contributed by atoms with van der Waals surface area (Å²) in [7, 11) is 0. The van der Waals surface area contributed by atoms with Crippen LogP contribution in [0.4, 0.5) is 5.69 Å². The van der Waals surface area contributed by atoms with Crippen LogP contribution in [-0.2, 0) is 12.0 Å². The lowest BCUT2D eigenvalue weighted by molar-refractivity contribution is 0.516. The van der Waals surface area contributed by atoms with Crippen LogP contribution in [0.5, 0.6) is 0 Å². The number of thioether (sulfide) groups is 1. The number of nitrogens with one attached hydrogen (secondary N) is 2. The summed E-state index contributed by atoms with van der Waals surface area (Å²) in [6, 6.07) is 15.1. The number of anilines is 1. The van der Waals surface area contributed by atoms with Gasteiger partial charge in [-0.25, -0.2) is 0 Å². The van der Waals surface area contributed by atoms with E-state index in [1.807, 2.05) is 24.5 Å². The zero-order valence-corrected chi connectivity index (χ0v) is 20.9. The van der Waals surface area contributed by atoms with Crippen molar-refractivity contribution in [3.63, 3.8) is 0 Å². The van der Waals surface area contributed by atoms with Crippen LogP contribution in [0.2, 0.25) is 0 Å². The summed E-state index contributed by atoms with van der Waals surface area (Å²) in [4.78, 5) is 5.61. The number of rotatable bonds is 5. The molecule has 32 heavy (non-hydrogen) atoms. The monoisotopic (exact) mass is 463 g/mol. The van der Waals surface area contributed by atoms with E-state index in [1.165, 1.54) is 48.1 Å². The van der Waals surface area contributed by atoms with Gasteiger partial charge < -0.3 is 10.6 Å². The molecule has 0 aliphatic heterocycles. The van der Waals surface area contributed by atoms with Gasteiger partial charge in [0.05, 0.1) is 0 Å². The second-order valence-corrected chi connectivity index (χ2v) is 11.4. The van der Waals surface area contributed by atoms with Crippen LogP contribution in [0.25, 0.3) is 10.8 Å². The molecule has 0 saturated heterocycles. The van der Waals surface area contributed by atoms with E-state index >= 15 is 0 Å². The number of thiocarbonyl (C=S) groups is 1. The van der Waals surface area contributed by atoms with Gasteiger partial charge in [0.2, 0.25) is 0 Å². The molecular weight excluding hydrogens is 430 g/mol. The minimum absolute atomic E-state index is 0.147. The molecule has 1 aliphatic rings. The molecule has 1 saturated carbocycles. The van der Waals surface area contributed by atoms with Crippen molar-refractivity contribution in [2.24, 2.45) is 0 Å². The van der Waals surface area contributed by atoms with Crippen molar-refractivity contribution < 1.29 is 0 Å². The normalized spacial score (nSPS) is 15.0. The number of benzene rings is 2. The summed E-state index contributed by atoms with van der Waals surface area (Å²) < 4.78 is 0. The second-order valence-electron chi connectivity index (χ2n) is 9.66. The van der Waals surface area contributed by atoms with Crippen molar-refractivity contribution in [3.8, 4) is 0 Å². The number of hydrogen-bond acceptors (Lipinski definition) is 3. The molecule has 1 aliphatic carbocycles. The van der Waals surface area contributed by atoms with E-state index < -0.39 is 0 Å². The SMILES string of the molecule is CC(C)(C)c1ccc(CNC(=S)Nc2cccc3cnccc23)c(SC2CCCCC2)c1. The molecule has 5 heteroatoms. The zero-order valence-electron chi connectivity index (χ0n) is 19.3. The first-order valence-corrected chi connectivity index (χ1v) is 12.9. The molecule has 0 radical (unpaired) electrons. The first kappa shape index (κ1) is 23.1. The van der Waals surface area contributed by atoms with Crippen molar-refractivity contribution in [2.45, 2.75) is 75.0 Å². The Morgan fingerprint density at radius 1 is 1.09 bits per heavy atom. The largest absolute Gasteiger partial charge is 0.358 e. The van der Waals surface area contributed by atoms with E-state index in [4.69, 9.17) is 12.2 Å². The third kappa shape index (κ3) is 5.81. The standard InChI is InChI=1S/C27H33N3S2/c1-27(2,3)21-13-12-20(25(16-21)32-22-9-5-4-6-10-22)18-29-26(31)30-24-11-7-8-19-17-28-15-14-23(19)24/h7-8,11-17,22H,4-6,9-10,18H2,1-3H3,(H2,29,30,31).